The van der Waals surface area contributed by atoms with Crippen LogP contribution >= 0.6 is 0 Å². The summed E-state index contributed by atoms with van der Waals surface area (Å²) >= 11 is 0. The van der Waals surface area contributed by atoms with Crippen LogP contribution in [0.5, 0.6) is 0 Å². The number of benzene rings is 2. The van der Waals surface area contributed by atoms with E-state index in [1.54, 1.807) is 18.2 Å². The normalized spacial score (nSPS) is 12.2. The van der Waals surface area contributed by atoms with Crippen molar-refractivity contribution in [3.05, 3.63) is 77.7 Å². The van der Waals surface area contributed by atoms with E-state index in [1.807, 2.05) is 30.3 Å². The van der Waals surface area contributed by atoms with Crippen LogP contribution in [0.4, 0.5) is 4.39 Å². The second-order valence-corrected chi connectivity index (χ2v) is 6.36. The van der Waals surface area contributed by atoms with Crippen LogP contribution in [-0.2, 0) is 22.3 Å². The predicted octanol–water partition coefficient (Wildman–Crippen LogP) is 3.93. The average molecular weight is 315 g/mol. The van der Waals surface area contributed by atoms with Crippen molar-refractivity contribution < 1.29 is 13.1 Å². The van der Waals surface area contributed by atoms with Gasteiger partial charge in [0.15, 0.2) is 5.76 Å². The van der Waals surface area contributed by atoms with Gasteiger partial charge in [0.05, 0.1) is 11.4 Å². The van der Waals surface area contributed by atoms with Crippen molar-refractivity contribution in [2.24, 2.45) is 0 Å². The minimum atomic E-state index is -1.12. The third-order valence-corrected chi connectivity index (χ3v) is 4.44. The fourth-order valence-electron chi connectivity index (χ4n) is 2.10. The van der Waals surface area contributed by atoms with Gasteiger partial charge in [-0.1, -0.05) is 47.6 Å². The molecule has 2 aromatic carbocycles. The summed E-state index contributed by atoms with van der Waals surface area (Å²) in [4.78, 5) is 0. The zero-order valence-corrected chi connectivity index (χ0v) is 12.6. The fourth-order valence-corrected chi connectivity index (χ4v) is 3.23. The third kappa shape index (κ3) is 3.68. The highest BCUT2D eigenvalue weighted by atomic mass is 32.2. The van der Waals surface area contributed by atoms with Crippen LogP contribution in [0.25, 0.3) is 11.3 Å². The molecule has 1 atom stereocenters. The van der Waals surface area contributed by atoms with Crippen LogP contribution in [0.3, 0.4) is 0 Å². The largest absolute Gasteiger partial charge is 0.356 e. The van der Waals surface area contributed by atoms with Gasteiger partial charge < -0.3 is 4.52 Å². The molecular weight excluding hydrogens is 301 g/mol. The van der Waals surface area contributed by atoms with E-state index in [9.17, 15) is 8.60 Å². The minimum Gasteiger partial charge on any atom is -0.356 e. The molecule has 1 aromatic heterocycles. The summed E-state index contributed by atoms with van der Waals surface area (Å²) in [6.45, 7) is 0. The monoisotopic (exact) mass is 315 g/mol. The van der Waals surface area contributed by atoms with E-state index in [2.05, 4.69) is 5.16 Å². The van der Waals surface area contributed by atoms with Gasteiger partial charge in [-0.2, -0.15) is 0 Å². The Morgan fingerprint density at radius 3 is 2.45 bits per heavy atom. The quantitative estimate of drug-likeness (QED) is 0.716. The Labute approximate surface area is 130 Å². The van der Waals surface area contributed by atoms with Crippen molar-refractivity contribution in [1.29, 1.82) is 0 Å². The highest BCUT2D eigenvalue weighted by Gasteiger charge is 2.10. The first-order chi connectivity index (χ1) is 10.7. The first-order valence-electron chi connectivity index (χ1n) is 6.81. The molecule has 0 bridgehead atoms. The molecule has 0 spiro atoms. The van der Waals surface area contributed by atoms with Crippen LogP contribution < -0.4 is 0 Å². The van der Waals surface area contributed by atoms with Crippen molar-refractivity contribution in [1.82, 2.24) is 5.16 Å². The smallest absolute Gasteiger partial charge is 0.167 e. The maximum Gasteiger partial charge on any atom is 0.167 e. The average Bonchev–Trinajstić information content (AvgIpc) is 2.99. The van der Waals surface area contributed by atoms with Gasteiger partial charge in [0, 0.05) is 28.2 Å². The molecule has 0 radical (unpaired) electrons. The van der Waals surface area contributed by atoms with Gasteiger partial charge in [0.1, 0.15) is 5.82 Å². The van der Waals surface area contributed by atoms with Crippen LogP contribution in [-0.4, -0.2) is 9.37 Å². The van der Waals surface area contributed by atoms with E-state index in [1.165, 1.54) is 12.1 Å². The second kappa shape index (κ2) is 6.66. The Morgan fingerprint density at radius 2 is 1.73 bits per heavy atom. The van der Waals surface area contributed by atoms with E-state index in [4.69, 9.17) is 4.52 Å². The van der Waals surface area contributed by atoms with Gasteiger partial charge in [-0.15, -0.1) is 0 Å². The topological polar surface area (TPSA) is 43.1 Å². The molecule has 0 fully saturated rings. The van der Waals surface area contributed by atoms with E-state index in [0.29, 0.717) is 23.0 Å². The SMILES string of the molecule is O=[S@@](Cc1ccc(F)cc1)Cc1cc(-c2ccccc2)on1. The summed E-state index contributed by atoms with van der Waals surface area (Å²) in [5, 5.41) is 3.96. The molecule has 0 saturated carbocycles. The van der Waals surface area contributed by atoms with Gasteiger partial charge in [-0.3, -0.25) is 4.21 Å². The van der Waals surface area contributed by atoms with Crippen LogP contribution in [0.2, 0.25) is 0 Å². The Hall–Kier alpha value is -2.27. The molecule has 0 unspecified atom stereocenters. The maximum absolute atomic E-state index is 12.8. The molecule has 22 heavy (non-hydrogen) atoms. The lowest BCUT2D eigenvalue weighted by Gasteiger charge is -2.00. The maximum atomic E-state index is 12.8. The Bertz CT molecular complexity index is 769. The van der Waals surface area contributed by atoms with Gasteiger partial charge in [0.2, 0.25) is 0 Å². The summed E-state index contributed by atoms with van der Waals surface area (Å²) in [6, 6.07) is 17.5. The van der Waals surface area contributed by atoms with Crippen LogP contribution in [0, 0.1) is 5.82 Å². The van der Waals surface area contributed by atoms with E-state index in [0.717, 1.165) is 11.1 Å². The molecule has 0 amide bonds. The summed E-state index contributed by atoms with van der Waals surface area (Å²) in [7, 11) is -1.12. The summed E-state index contributed by atoms with van der Waals surface area (Å²) < 4.78 is 30.3. The van der Waals surface area contributed by atoms with Crippen molar-refractivity contribution in [3.8, 4) is 11.3 Å². The highest BCUT2D eigenvalue weighted by molar-refractivity contribution is 7.83. The second-order valence-electron chi connectivity index (χ2n) is 4.90. The molecule has 0 aliphatic carbocycles. The lowest BCUT2D eigenvalue weighted by molar-refractivity contribution is 0.426. The molecule has 0 N–H and O–H groups in total. The van der Waals surface area contributed by atoms with E-state index in [-0.39, 0.29) is 5.82 Å². The molecule has 3 rings (SSSR count). The molecule has 0 aliphatic rings. The number of aromatic nitrogens is 1. The number of halogens is 1. The Morgan fingerprint density at radius 1 is 1.00 bits per heavy atom. The van der Waals surface area contributed by atoms with Crippen molar-refractivity contribution >= 4 is 10.8 Å². The van der Waals surface area contributed by atoms with Crippen molar-refractivity contribution in [2.45, 2.75) is 11.5 Å². The number of nitrogens with zero attached hydrogens (tertiary/aromatic N) is 1. The standard InChI is InChI=1S/C17H14FNO2S/c18-15-8-6-13(7-9-15)11-22(20)12-16-10-17(21-19-16)14-4-2-1-3-5-14/h1-10H,11-12H2/t22-/m0/s1. The number of rotatable bonds is 5. The first-order valence-corrected chi connectivity index (χ1v) is 8.30. The predicted molar refractivity (Wildman–Crippen MR) is 83.9 cm³/mol. The zero-order chi connectivity index (χ0) is 15.4. The van der Waals surface area contributed by atoms with Crippen molar-refractivity contribution in [3.63, 3.8) is 0 Å². The molecule has 0 saturated heterocycles. The molecule has 3 nitrogen and oxygen atoms in total. The summed E-state index contributed by atoms with van der Waals surface area (Å²) in [5.41, 5.74) is 2.43. The Kier molecular flexibility index (Phi) is 4.44. The zero-order valence-electron chi connectivity index (χ0n) is 11.7. The first kappa shape index (κ1) is 14.7. The fraction of sp³-hybridized carbons (Fsp3) is 0.118. The Balaban J connectivity index is 1.65. The van der Waals surface area contributed by atoms with Gasteiger partial charge in [-0.05, 0) is 17.7 Å². The number of hydrogen-bond donors (Lipinski definition) is 0. The highest BCUT2D eigenvalue weighted by Crippen LogP contribution is 2.20. The molecule has 0 aliphatic heterocycles. The van der Waals surface area contributed by atoms with Gasteiger partial charge in [-0.25, -0.2) is 4.39 Å². The summed E-state index contributed by atoms with van der Waals surface area (Å²) in [5.74, 6) is 1.05. The van der Waals surface area contributed by atoms with E-state index < -0.39 is 10.8 Å². The molecule has 1 heterocycles. The van der Waals surface area contributed by atoms with Gasteiger partial charge in [0.25, 0.3) is 0 Å². The molecule has 112 valence electrons. The lowest BCUT2D eigenvalue weighted by Crippen LogP contribution is -1.99. The van der Waals surface area contributed by atoms with Crippen LogP contribution in [0.15, 0.2) is 65.2 Å². The molecule has 3 aromatic rings. The van der Waals surface area contributed by atoms with Crippen LogP contribution in [0.1, 0.15) is 11.3 Å². The third-order valence-electron chi connectivity index (χ3n) is 3.17. The summed E-state index contributed by atoms with van der Waals surface area (Å²) in [6.07, 6.45) is 0. The number of hydrogen-bond acceptors (Lipinski definition) is 3. The van der Waals surface area contributed by atoms with E-state index >= 15 is 0 Å². The van der Waals surface area contributed by atoms with Gasteiger partial charge >= 0.3 is 0 Å². The lowest BCUT2D eigenvalue weighted by atomic mass is 10.2. The molecular formula is C17H14FNO2S. The molecule has 5 heteroatoms. The minimum absolute atomic E-state index is 0.293. The van der Waals surface area contributed by atoms with Crippen molar-refractivity contribution in [2.75, 3.05) is 0 Å².